The highest BCUT2D eigenvalue weighted by atomic mass is 32.1. The Hall–Kier alpha value is -2.82. The topological polar surface area (TPSA) is 50.2 Å². The SMILES string of the molecule is CC.Cc1nc2cc(/C=C/c3ccc(C4CC5(C)C(O)CCC5C5CCC6=CC(=O)CCC6=C45)cc3)ccc2s1. The van der Waals surface area contributed by atoms with Gasteiger partial charge in [0.15, 0.2) is 5.78 Å². The highest BCUT2D eigenvalue weighted by molar-refractivity contribution is 7.18. The quantitative estimate of drug-likeness (QED) is 0.330. The maximum absolute atomic E-state index is 12.2. The first-order valence-electron chi connectivity index (χ1n) is 15.2. The zero-order chi connectivity index (χ0) is 28.0. The van der Waals surface area contributed by atoms with Crippen LogP contribution < -0.4 is 0 Å². The van der Waals surface area contributed by atoms with Crippen LogP contribution in [0.4, 0.5) is 0 Å². The molecule has 3 aromatic rings. The van der Waals surface area contributed by atoms with Crippen molar-refractivity contribution >= 4 is 39.5 Å². The van der Waals surface area contributed by atoms with E-state index in [1.807, 2.05) is 19.9 Å². The van der Waals surface area contributed by atoms with E-state index in [0.717, 1.165) is 54.6 Å². The summed E-state index contributed by atoms with van der Waals surface area (Å²) in [6, 6.07) is 15.6. The third-order valence-electron chi connectivity index (χ3n) is 10.0. The fourth-order valence-corrected chi connectivity index (χ4v) is 8.93. The van der Waals surface area contributed by atoms with Gasteiger partial charge in [-0.15, -0.1) is 11.3 Å². The van der Waals surface area contributed by atoms with Gasteiger partial charge in [-0.05, 0) is 109 Å². The summed E-state index contributed by atoms with van der Waals surface area (Å²) < 4.78 is 1.23. The Bertz CT molecular complexity index is 1520. The molecule has 0 aliphatic heterocycles. The monoisotopic (exact) mass is 551 g/mol. The molecule has 0 amide bonds. The molecule has 4 heteroatoms. The number of aromatic nitrogens is 1. The number of hydrogen-bond donors (Lipinski definition) is 1. The largest absolute Gasteiger partial charge is 0.393 e. The molecule has 0 bridgehead atoms. The average Bonchev–Trinajstić information content (AvgIpc) is 3.49. The first kappa shape index (κ1) is 27.4. The number of aryl methyl sites for hydroxylation is 1. The first-order valence-corrected chi connectivity index (χ1v) is 16.0. The second-order valence-electron chi connectivity index (χ2n) is 12.1. The van der Waals surface area contributed by atoms with Crippen LogP contribution in [0.2, 0.25) is 0 Å². The minimum atomic E-state index is -0.215. The van der Waals surface area contributed by atoms with Crippen molar-refractivity contribution in [1.29, 1.82) is 0 Å². The lowest BCUT2D eigenvalue weighted by Crippen LogP contribution is -2.45. The molecule has 0 saturated heterocycles. The number of carbonyl (C=O) groups excluding carboxylic acids is 1. The van der Waals surface area contributed by atoms with E-state index in [2.05, 4.69) is 73.4 Å². The molecule has 2 fully saturated rings. The number of aliphatic hydroxyl groups excluding tert-OH is 1. The van der Waals surface area contributed by atoms with Crippen molar-refractivity contribution in [1.82, 2.24) is 4.98 Å². The molecule has 40 heavy (non-hydrogen) atoms. The van der Waals surface area contributed by atoms with Crippen LogP contribution in [-0.2, 0) is 4.79 Å². The summed E-state index contributed by atoms with van der Waals surface area (Å²) in [5.74, 6) is 1.68. The summed E-state index contributed by atoms with van der Waals surface area (Å²) in [4.78, 5) is 16.9. The van der Waals surface area contributed by atoms with Crippen LogP contribution in [-0.4, -0.2) is 22.0 Å². The van der Waals surface area contributed by atoms with Crippen molar-refractivity contribution in [2.75, 3.05) is 0 Å². The third kappa shape index (κ3) is 4.73. The second kappa shape index (κ2) is 10.9. The van der Waals surface area contributed by atoms with E-state index >= 15 is 0 Å². The fourth-order valence-electron chi connectivity index (χ4n) is 8.13. The van der Waals surface area contributed by atoms with Crippen molar-refractivity contribution in [3.8, 4) is 0 Å². The highest BCUT2D eigenvalue weighted by Gasteiger charge is 2.56. The summed E-state index contributed by atoms with van der Waals surface area (Å²) in [5.41, 5.74) is 9.11. The number of fused-ring (bicyclic) bond motifs is 5. The van der Waals surface area contributed by atoms with Gasteiger partial charge in [0.25, 0.3) is 0 Å². The van der Waals surface area contributed by atoms with Gasteiger partial charge in [0, 0.05) is 12.3 Å². The van der Waals surface area contributed by atoms with Gasteiger partial charge in [-0.3, -0.25) is 4.79 Å². The molecule has 208 valence electrons. The van der Waals surface area contributed by atoms with E-state index in [0.29, 0.717) is 24.2 Å². The predicted molar refractivity (Wildman–Crippen MR) is 167 cm³/mol. The lowest BCUT2D eigenvalue weighted by atomic mass is 9.53. The van der Waals surface area contributed by atoms with Crippen LogP contribution in [0, 0.1) is 24.2 Å². The van der Waals surface area contributed by atoms with E-state index < -0.39 is 0 Å². The molecule has 1 aromatic heterocycles. The number of aliphatic hydroxyl groups is 1. The summed E-state index contributed by atoms with van der Waals surface area (Å²) in [5, 5.41) is 12.2. The van der Waals surface area contributed by atoms with Gasteiger partial charge in [-0.1, -0.05) is 68.8 Å². The molecule has 1 N–H and O–H groups in total. The van der Waals surface area contributed by atoms with E-state index in [-0.39, 0.29) is 17.3 Å². The Balaban J connectivity index is 0.00000142. The van der Waals surface area contributed by atoms with Crippen LogP contribution in [0.15, 0.2) is 65.3 Å². The zero-order valence-corrected chi connectivity index (χ0v) is 25.1. The van der Waals surface area contributed by atoms with Crippen LogP contribution in [0.25, 0.3) is 22.4 Å². The van der Waals surface area contributed by atoms with Crippen molar-refractivity contribution in [2.45, 2.75) is 84.7 Å². The molecule has 4 aliphatic carbocycles. The minimum Gasteiger partial charge on any atom is -0.393 e. The Morgan fingerprint density at radius 1 is 0.975 bits per heavy atom. The van der Waals surface area contributed by atoms with E-state index in [1.165, 1.54) is 27.0 Å². The maximum Gasteiger partial charge on any atom is 0.156 e. The Labute approximate surface area is 242 Å². The van der Waals surface area contributed by atoms with Gasteiger partial charge in [-0.25, -0.2) is 4.98 Å². The molecule has 7 rings (SSSR count). The van der Waals surface area contributed by atoms with Crippen molar-refractivity contribution < 1.29 is 9.90 Å². The molecular formula is C36H41NO2S. The molecule has 4 aliphatic rings. The molecule has 5 unspecified atom stereocenters. The fraction of sp³-hybridized carbons (Fsp3) is 0.444. The number of thiazole rings is 1. The van der Waals surface area contributed by atoms with Gasteiger partial charge < -0.3 is 5.11 Å². The molecule has 3 nitrogen and oxygen atoms in total. The van der Waals surface area contributed by atoms with Gasteiger partial charge >= 0.3 is 0 Å². The number of allylic oxidation sites excluding steroid dienone is 4. The first-order chi connectivity index (χ1) is 19.4. The van der Waals surface area contributed by atoms with Crippen molar-refractivity contribution in [3.63, 3.8) is 0 Å². The van der Waals surface area contributed by atoms with Gasteiger partial charge in [0.1, 0.15) is 0 Å². The molecule has 2 saturated carbocycles. The van der Waals surface area contributed by atoms with E-state index in [9.17, 15) is 9.90 Å². The maximum atomic E-state index is 12.2. The normalized spacial score (nSPS) is 29.5. The Kier molecular flexibility index (Phi) is 7.43. The number of benzene rings is 2. The van der Waals surface area contributed by atoms with Crippen LogP contribution in [0.1, 0.15) is 93.3 Å². The van der Waals surface area contributed by atoms with Crippen LogP contribution >= 0.6 is 11.3 Å². The Morgan fingerprint density at radius 3 is 2.52 bits per heavy atom. The number of carbonyl (C=O) groups is 1. The number of hydrogen-bond acceptors (Lipinski definition) is 4. The highest BCUT2D eigenvalue weighted by Crippen LogP contribution is 2.63. The minimum absolute atomic E-state index is 0.0314. The summed E-state index contributed by atoms with van der Waals surface area (Å²) >= 11 is 1.74. The molecule has 5 atom stereocenters. The van der Waals surface area contributed by atoms with Crippen molar-refractivity contribution in [3.05, 3.63) is 87.0 Å². The van der Waals surface area contributed by atoms with Gasteiger partial charge in [0.2, 0.25) is 0 Å². The van der Waals surface area contributed by atoms with Gasteiger partial charge in [-0.2, -0.15) is 0 Å². The van der Waals surface area contributed by atoms with Gasteiger partial charge in [0.05, 0.1) is 21.3 Å². The van der Waals surface area contributed by atoms with E-state index in [1.54, 1.807) is 16.9 Å². The summed E-state index contributed by atoms with van der Waals surface area (Å²) in [6.45, 7) is 8.40. The molecule has 2 aromatic carbocycles. The predicted octanol–water partition coefficient (Wildman–Crippen LogP) is 9.06. The molecule has 0 radical (unpaired) electrons. The summed E-state index contributed by atoms with van der Waals surface area (Å²) in [6.07, 6.45) is 12.8. The smallest absolute Gasteiger partial charge is 0.156 e. The van der Waals surface area contributed by atoms with Crippen molar-refractivity contribution in [2.24, 2.45) is 17.3 Å². The number of ketones is 1. The summed E-state index contributed by atoms with van der Waals surface area (Å²) in [7, 11) is 0. The lowest BCUT2D eigenvalue weighted by Gasteiger charge is -2.52. The lowest BCUT2D eigenvalue weighted by molar-refractivity contribution is -0.114. The third-order valence-corrected chi connectivity index (χ3v) is 11.0. The molecular weight excluding hydrogens is 510 g/mol. The Morgan fingerprint density at radius 2 is 1.73 bits per heavy atom. The van der Waals surface area contributed by atoms with E-state index in [4.69, 9.17) is 0 Å². The average molecular weight is 552 g/mol. The number of rotatable bonds is 3. The number of nitrogens with zero attached hydrogens (tertiary/aromatic N) is 1. The zero-order valence-electron chi connectivity index (χ0n) is 24.2. The second-order valence-corrected chi connectivity index (χ2v) is 13.4. The molecule has 1 heterocycles. The standard InChI is InChI=1S/C34H35NO2S.C2H6/c1-20-35-30-17-22(7-15-31(30)38-20)4-3-21-5-8-23(9-6-21)28-19-34(2)29(14-16-32(34)37)27-12-10-24-18-25(36)11-13-26(24)33(27)28;1-2/h3-9,15,17-18,27-29,32,37H,10-14,16,19H2,1-2H3;1-2H3/b4-3+;. The van der Waals surface area contributed by atoms with Crippen LogP contribution in [0.3, 0.4) is 0 Å². The molecule has 0 spiro atoms. The van der Waals surface area contributed by atoms with Crippen LogP contribution in [0.5, 0.6) is 0 Å².